The maximum absolute atomic E-state index is 10.8. The number of carboxylic acid groups (broad SMARTS) is 1. The second-order valence-corrected chi connectivity index (χ2v) is 5.20. The average molecular weight is 273 g/mol. The third-order valence-electron chi connectivity index (χ3n) is 2.93. The molecule has 5 nitrogen and oxygen atoms in total. The Morgan fingerprint density at radius 2 is 2.25 bits per heavy atom. The first-order chi connectivity index (χ1) is 9.49. The number of carboxylic acids is 1. The molecule has 2 aromatic heterocycles. The van der Waals surface area contributed by atoms with E-state index in [1.54, 1.807) is 6.08 Å². The molecule has 2 rings (SSSR count). The molecule has 0 fully saturated rings. The van der Waals surface area contributed by atoms with Crippen molar-refractivity contribution in [3.05, 3.63) is 36.2 Å². The van der Waals surface area contributed by atoms with Crippen LogP contribution in [0.25, 0.3) is 11.7 Å². The number of anilines is 1. The quantitative estimate of drug-likeness (QED) is 0.850. The number of pyridine rings is 1. The highest BCUT2D eigenvalue weighted by molar-refractivity contribution is 5.86. The zero-order valence-corrected chi connectivity index (χ0v) is 11.9. The van der Waals surface area contributed by atoms with Gasteiger partial charge in [-0.1, -0.05) is 19.9 Å². The maximum atomic E-state index is 10.8. The minimum absolute atomic E-state index is 0.501. The van der Waals surface area contributed by atoms with Crippen molar-refractivity contribution < 1.29 is 9.90 Å². The van der Waals surface area contributed by atoms with Crippen molar-refractivity contribution in [2.75, 3.05) is 18.5 Å². The van der Waals surface area contributed by atoms with E-state index in [4.69, 9.17) is 5.11 Å². The Morgan fingerprint density at radius 3 is 2.90 bits per heavy atom. The third kappa shape index (κ3) is 2.99. The van der Waals surface area contributed by atoms with E-state index in [1.807, 2.05) is 35.8 Å². The van der Waals surface area contributed by atoms with Gasteiger partial charge in [-0.15, -0.1) is 0 Å². The molecule has 0 bridgehead atoms. The number of fused-ring (bicyclic) bond motifs is 1. The summed E-state index contributed by atoms with van der Waals surface area (Å²) in [7, 11) is 1.97. The molecule has 0 amide bonds. The van der Waals surface area contributed by atoms with E-state index in [2.05, 4.69) is 23.7 Å². The average Bonchev–Trinajstić information content (AvgIpc) is 2.74. The Labute approximate surface area is 118 Å². The van der Waals surface area contributed by atoms with E-state index < -0.39 is 5.97 Å². The van der Waals surface area contributed by atoms with Crippen LogP contribution in [0.15, 0.2) is 30.5 Å². The number of nitrogens with zero attached hydrogens (tertiary/aromatic N) is 3. The summed E-state index contributed by atoms with van der Waals surface area (Å²) in [6, 6.07) is 5.73. The van der Waals surface area contributed by atoms with E-state index in [0.717, 1.165) is 29.8 Å². The molecule has 1 N–H and O–H groups in total. The molecule has 2 aromatic rings. The lowest BCUT2D eigenvalue weighted by atomic mass is 10.2. The molecule has 2 heterocycles. The zero-order valence-electron chi connectivity index (χ0n) is 11.9. The fourth-order valence-corrected chi connectivity index (χ4v) is 2.22. The molecule has 0 aliphatic carbocycles. The van der Waals surface area contributed by atoms with Crippen LogP contribution in [0.4, 0.5) is 5.82 Å². The number of rotatable bonds is 5. The van der Waals surface area contributed by atoms with Gasteiger partial charge in [-0.3, -0.25) is 4.40 Å². The van der Waals surface area contributed by atoms with Gasteiger partial charge in [0.05, 0.1) is 5.69 Å². The van der Waals surface area contributed by atoms with Gasteiger partial charge in [0.1, 0.15) is 5.65 Å². The van der Waals surface area contributed by atoms with Gasteiger partial charge < -0.3 is 10.0 Å². The van der Waals surface area contributed by atoms with Gasteiger partial charge in [-0.25, -0.2) is 9.78 Å². The smallest absolute Gasteiger partial charge is 0.328 e. The summed E-state index contributed by atoms with van der Waals surface area (Å²) in [5.74, 6) is 0.330. The van der Waals surface area contributed by atoms with Crippen LogP contribution < -0.4 is 4.90 Å². The molecule has 0 aliphatic heterocycles. The van der Waals surface area contributed by atoms with Gasteiger partial charge in [-0.05, 0) is 24.1 Å². The first-order valence-electron chi connectivity index (χ1n) is 6.58. The van der Waals surface area contributed by atoms with Gasteiger partial charge >= 0.3 is 5.97 Å². The summed E-state index contributed by atoms with van der Waals surface area (Å²) in [4.78, 5) is 17.4. The molecule has 20 heavy (non-hydrogen) atoms. The van der Waals surface area contributed by atoms with Crippen molar-refractivity contribution in [1.82, 2.24) is 9.38 Å². The Balaban J connectivity index is 2.51. The number of hydrogen-bond donors (Lipinski definition) is 1. The lowest BCUT2D eigenvalue weighted by molar-refractivity contribution is -0.131. The van der Waals surface area contributed by atoms with Gasteiger partial charge in [0.25, 0.3) is 0 Å². The molecule has 0 saturated carbocycles. The highest BCUT2D eigenvalue weighted by Crippen LogP contribution is 2.23. The number of aliphatic carboxylic acids is 1. The monoisotopic (exact) mass is 273 g/mol. The molecule has 5 heteroatoms. The largest absolute Gasteiger partial charge is 0.478 e. The highest BCUT2D eigenvalue weighted by Gasteiger charge is 2.14. The first-order valence-corrected chi connectivity index (χ1v) is 6.58. The molecule has 0 saturated heterocycles. The molecule has 0 unspecified atom stereocenters. The number of carbonyl (C=O) groups is 1. The summed E-state index contributed by atoms with van der Waals surface area (Å²) in [5.41, 5.74) is 1.59. The van der Waals surface area contributed by atoms with E-state index >= 15 is 0 Å². The molecule has 0 aliphatic rings. The Hall–Kier alpha value is -2.30. The van der Waals surface area contributed by atoms with Crippen LogP contribution in [0.1, 0.15) is 19.5 Å². The lowest BCUT2D eigenvalue weighted by Gasteiger charge is -2.19. The van der Waals surface area contributed by atoms with Crippen LogP contribution in [0.5, 0.6) is 0 Å². The fourth-order valence-electron chi connectivity index (χ4n) is 2.22. The number of aromatic nitrogens is 2. The summed E-state index contributed by atoms with van der Waals surface area (Å²) in [5, 5.41) is 8.83. The maximum Gasteiger partial charge on any atom is 0.328 e. The molecule has 106 valence electrons. The zero-order chi connectivity index (χ0) is 14.7. The lowest BCUT2D eigenvalue weighted by Crippen LogP contribution is -2.23. The van der Waals surface area contributed by atoms with Gasteiger partial charge in [0.15, 0.2) is 5.82 Å². The van der Waals surface area contributed by atoms with Crippen LogP contribution in [0.2, 0.25) is 0 Å². The van der Waals surface area contributed by atoms with Gasteiger partial charge in [0, 0.05) is 25.9 Å². The minimum Gasteiger partial charge on any atom is -0.478 e. The van der Waals surface area contributed by atoms with Crippen molar-refractivity contribution in [2.45, 2.75) is 13.8 Å². The second kappa shape index (κ2) is 5.77. The molecule has 0 radical (unpaired) electrons. The Morgan fingerprint density at radius 1 is 1.50 bits per heavy atom. The van der Waals surface area contributed by atoms with Gasteiger partial charge in [0.2, 0.25) is 0 Å². The summed E-state index contributed by atoms with van der Waals surface area (Å²) in [6.45, 7) is 5.13. The van der Waals surface area contributed by atoms with E-state index in [0.29, 0.717) is 5.92 Å². The van der Waals surface area contributed by atoms with E-state index in [1.165, 1.54) is 0 Å². The summed E-state index contributed by atoms with van der Waals surface area (Å²) >= 11 is 0. The second-order valence-electron chi connectivity index (χ2n) is 5.20. The van der Waals surface area contributed by atoms with Crippen molar-refractivity contribution in [3.63, 3.8) is 0 Å². The highest BCUT2D eigenvalue weighted by atomic mass is 16.4. The predicted octanol–water partition coefficient (Wildman–Crippen LogP) is 2.52. The molecular formula is C15H19N3O2. The van der Waals surface area contributed by atoms with Crippen LogP contribution in [0.3, 0.4) is 0 Å². The topological polar surface area (TPSA) is 57.8 Å². The Bertz CT molecular complexity index is 644. The summed E-state index contributed by atoms with van der Waals surface area (Å²) in [6.07, 6.45) is 4.62. The molecule has 0 aromatic carbocycles. The summed E-state index contributed by atoms with van der Waals surface area (Å²) < 4.78 is 1.89. The molecule has 0 spiro atoms. The van der Waals surface area contributed by atoms with E-state index in [-0.39, 0.29) is 0 Å². The number of hydrogen-bond acceptors (Lipinski definition) is 3. The third-order valence-corrected chi connectivity index (χ3v) is 2.93. The van der Waals surface area contributed by atoms with Crippen molar-refractivity contribution in [3.8, 4) is 0 Å². The Kier molecular flexibility index (Phi) is 4.08. The van der Waals surface area contributed by atoms with Crippen LogP contribution >= 0.6 is 0 Å². The van der Waals surface area contributed by atoms with Crippen LogP contribution in [-0.4, -0.2) is 34.1 Å². The minimum atomic E-state index is -0.964. The van der Waals surface area contributed by atoms with Crippen molar-refractivity contribution in [2.24, 2.45) is 5.92 Å². The number of imidazole rings is 1. The van der Waals surface area contributed by atoms with Gasteiger partial charge in [-0.2, -0.15) is 0 Å². The van der Waals surface area contributed by atoms with Crippen molar-refractivity contribution >= 4 is 23.5 Å². The standard InChI is InChI=1S/C15H19N3O2/c1-11(2)10-17(3)15-12(7-8-14(19)20)18-9-5-4-6-13(18)16-15/h4-9,11H,10H2,1-3H3,(H,19,20)/b8-7+. The van der Waals surface area contributed by atoms with Crippen LogP contribution in [-0.2, 0) is 4.79 Å². The SMILES string of the molecule is CC(C)CN(C)c1nc2ccccn2c1/C=C/C(=O)O. The van der Waals surface area contributed by atoms with E-state index in [9.17, 15) is 4.79 Å². The van der Waals surface area contributed by atoms with Crippen molar-refractivity contribution in [1.29, 1.82) is 0 Å². The van der Waals surface area contributed by atoms with Crippen LogP contribution in [0, 0.1) is 5.92 Å². The normalized spacial score (nSPS) is 11.6. The fraction of sp³-hybridized carbons (Fsp3) is 0.333. The molecule has 0 atom stereocenters. The molecular weight excluding hydrogens is 254 g/mol. The predicted molar refractivity (Wildman–Crippen MR) is 80.0 cm³/mol. The first kappa shape index (κ1) is 14.1.